The lowest BCUT2D eigenvalue weighted by Crippen LogP contribution is -2.34. The Balaban J connectivity index is 1.77. The molecule has 28 heavy (non-hydrogen) atoms. The van der Waals surface area contributed by atoms with E-state index in [0.717, 1.165) is 25.5 Å². The molecule has 1 aromatic carbocycles. The highest BCUT2D eigenvalue weighted by atomic mass is 35.5. The van der Waals surface area contributed by atoms with Gasteiger partial charge in [0.1, 0.15) is 0 Å². The van der Waals surface area contributed by atoms with E-state index in [1.165, 1.54) is 12.1 Å². The summed E-state index contributed by atoms with van der Waals surface area (Å²) in [5, 5.41) is 5.34. The molecule has 1 fully saturated rings. The molecule has 6 nitrogen and oxygen atoms in total. The van der Waals surface area contributed by atoms with Gasteiger partial charge >= 0.3 is 12.3 Å². The van der Waals surface area contributed by atoms with Crippen LogP contribution in [0.2, 0.25) is 10.0 Å². The van der Waals surface area contributed by atoms with Crippen LogP contribution in [-0.4, -0.2) is 22.6 Å². The van der Waals surface area contributed by atoms with Crippen molar-refractivity contribution in [2.75, 3.05) is 11.9 Å². The van der Waals surface area contributed by atoms with E-state index in [2.05, 4.69) is 20.6 Å². The first kappa shape index (κ1) is 20.5. The first-order valence-corrected chi connectivity index (χ1v) is 9.10. The van der Waals surface area contributed by atoms with Crippen LogP contribution >= 0.6 is 23.2 Å². The standard InChI is InChI=1S/C17H15Cl2F3N4O2/c18-10-5-2-6-11(13(10)19)25-15-23-8-12(14(26-15)17(20,21)22)28-16(27)24-7-9-3-1-4-9/h2,5-6,8-9H,1,3-4,7H2,(H,24,27)(H,23,25,26). The summed E-state index contributed by atoms with van der Waals surface area (Å²) in [4.78, 5) is 19.0. The van der Waals surface area contributed by atoms with Crippen LogP contribution in [0.3, 0.4) is 0 Å². The van der Waals surface area contributed by atoms with E-state index >= 15 is 0 Å². The zero-order chi connectivity index (χ0) is 20.3. The van der Waals surface area contributed by atoms with Gasteiger partial charge in [0.2, 0.25) is 5.95 Å². The normalized spacial score (nSPS) is 14.3. The van der Waals surface area contributed by atoms with Crippen molar-refractivity contribution in [3.63, 3.8) is 0 Å². The number of nitrogens with zero attached hydrogens (tertiary/aromatic N) is 2. The molecule has 0 atom stereocenters. The van der Waals surface area contributed by atoms with Crippen molar-refractivity contribution in [2.24, 2.45) is 5.92 Å². The van der Waals surface area contributed by atoms with Gasteiger partial charge < -0.3 is 15.4 Å². The molecule has 1 aliphatic rings. The summed E-state index contributed by atoms with van der Waals surface area (Å²) >= 11 is 11.9. The zero-order valence-electron chi connectivity index (χ0n) is 14.3. The van der Waals surface area contributed by atoms with Gasteiger partial charge in [0.05, 0.1) is 21.9 Å². The highest BCUT2D eigenvalue weighted by Crippen LogP contribution is 2.36. The van der Waals surface area contributed by atoms with Gasteiger partial charge in [-0.2, -0.15) is 13.2 Å². The summed E-state index contributed by atoms with van der Waals surface area (Å²) < 4.78 is 44.9. The zero-order valence-corrected chi connectivity index (χ0v) is 15.8. The molecular weight excluding hydrogens is 420 g/mol. The van der Waals surface area contributed by atoms with Gasteiger partial charge in [-0.1, -0.05) is 35.7 Å². The monoisotopic (exact) mass is 434 g/mol. The first-order valence-electron chi connectivity index (χ1n) is 8.35. The summed E-state index contributed by atoms with van der Waals surface area (Å²) in [6.07, 6.45) is -2.04. The average molecular weight is 435 g/mol. The number of halogens is 5. The Morgan fingerprint density at radius 2 is 2.04 bits per heavy atom. The van der Waals surface area contributed by atoms with Gasteiger partial charge in [-0.05, 0) is 30.9 Å². The highest BCUT2D eigenvalue weighted by molar-refractivity contribution is 6.43. The number of aromatic nitrogens is 2. The number of carbonyl (C=O) groups excluding carboxylic acids is 1. The number of ether oxygens (including phenoxy) is 1. The van der Waals surface area contributed by atoms with E-state index in [-0.39, 0.29) is 21.7 Å². The molecule has 3 rings (SSSR count). The Morgan fingerprint density at radius 3 is 2.68 bits per heavy atom. The van der Waals surface area contributed by atoms with Crippen molar-refractivity contribution >= 4 is 40.9 Å². The Hall–Kier alpha value is -2.26. The fourth-order valence-electron chi connectivity index (χ4n) is 2.49. The lowest BCUT2D eigenvalue weighted by molar-refractivity contribution is -0.142. The van der Waals surface area contributed by atoms with Gasteiger partial charge in [-0.3, -0.25) is 0 Å². The van der Waals surface area contributed by atoms with E-state index < -0.39 is 23.7 Å². The fraction of sp³-hybridized carbons (Fsp3) is 0.353. The molecule has 150 valence electrons. The van der Waals surface area contributed by atoms with Crippen LogP contribution in [0.4, 0.5) is 29.6 Å². The second kappa shape index (κ2) is 8.40. The van der Waals surface area contributed by atoms with Crippen molar-refractivity contribution in [3.8, 4) is 5.75 Å². The minimum atomic E-state index is -4.86. The maximum Gasteiger partial charge on any atom is 0.437 e. The SMILES string of the molecule is O=C(NCC1CCC1)Oc1cnc(Nc2cccc(Cl)c2Cl)nc1C(F)(F)F. The minimum absolute atomic E-state index is 0.108. The third-order valence-electron chi connectivity index (χ3n) is 4.18. The quantitative estimate of drug-likeness (QED) is 0.655. The molecule has 11 heteroatoms. The van der Waals surface area contributed by atoms with Gasteiger partial charge in [-0.25, -0.2) is 14.8 Å². The molecule has 2 N–H and O–H groups in total. The molecule has 0 saturated heterocycles. The van der Waals surface area contributed by atoms with E-state index in [1.54, 1.807) is 6.07 Å². The van der Waals surface area contributed by atoms with Crippen LogP contribution in [0, 0.1) is 5.92 Å². The molecule has 2 aromatic rings. The maximum absolute atomic E-state index is 13.4. The van der Waals surface area contributed by atoms with Crippen molar-refractivity contribution in [1.82, 2.24) is 15.3 Å². The summed E-state index contributed by atoms with van der Waals surface area (Å²) in [6.45, 7) is 0.355. The molecule has 1 aromatic heterocycles. The summed E-state index contributed by atoms with van der Waals surface area (Å²) in [5.41, 5.74) is -1.16. The van der Waals surface area contributed by atoms with Gasteiger partial charge in [0.15, 0.2) is 11.4 Å². The van der Waals surface area contributed by atoms with Crippen molar-refractivity contribution in [1.29, 1.82) is 0 Å². The lowest BCUT2D eigenvalue weighted by Gasteiger charge is -2.25. The number of nitrogens with one attached hydrogen (secondary N) is 2. The number of benzene rings is 1. The van der Waals surface area contributed by atoms with Crippen molar-refractivity contribution < 1.29 is 22.7 Å². The molecule has 0 bridgehead atoms. The molecule has 1 amide bonds. The Morgan fingerprint density at radius 1 is 1.29 bits per heavy atom. The second-order valence-corrected chi connectivity index (χ2v) is 6.98. The van der Waals surface area contributed by atoms with Gasteiger partial charge in [-0.15, -0.1) is 0 Å². The lowest BCUT2D eigenvalue weighted by atomic mass is 9.85. The third-order valence-corrected chi connectivity index (χ3v) is 5.00. The minimum Gasteiger partial charge on any atom is -0.406 e. The van der Waals surface area contributed by atoms with E-state index in [9.17, 15) is 18.0 Å². The molecule has 0 unspecified atom stereocenters. The Kier molecular flexibility index (Phi) is 6.14. The number of anilines is 2. The number of carbonyl (C=O) groups is 1. The van der Waals surface area contributed by atoms with Crippen molar-refractivity contribution in [3.05, 3.63) is 40.1 Å². The van der Waals surface area contributed by atoms with E-state index in [1.807, 2.05) is 0 Å². The molecule has 1 heterocycles. The predicted octanol–water partition coefficient (Wildman–Crippen LogP) is 5.43. The summed E-state index contributed by atoms with van der Waals surface area (Å²) in [5.74, 6) is -0.833. The number of rotatable bonds is 5. The van der Waals surface area contributed by atoms with Gasteiger partial charge in [0.25, 0.3) is 0 Å². The first-order chi connectivity index (χ1) is 13.2. The maximum atomic E-state index is 13.4. The average Bonchev–Trinajstić information content (AvgIpc) is 2.58. The molecule has 1 saturated carbocycles. The number of hydrogen-bond acceptors (Lipinski definition) is 5. The number of alkyl halides is 3. The van der Waals surface area contributed by atoms with Crippen LogP contribution in [0.15, 0.2) is 24.4 Å². The van der Waals surface area contributed by atoms with E-state index in [4.69, 9.17) is 27.9 Å². The second-order valence-electron chi connectivity index (χ2n) is 6.20. The Bertz CT molecular complexity index is 876. The van der Waals surface area contributed by atoms with E-state index in [0.29, 0.717) is 12.5 Å². The summed E-state index contributed by atoms with van der Waals surface area (Å²) in [7, 11) is 0. The molecular formula is C17H15Cl2F3N4O2. The van der Waals surface area contributed by atoms with Crippen LogP contribution in [-0.2, 0) is 6.18 Å². The molecule has 0 spiro atoms. The van der Waals surface area contributed by atoms with Crippen molar-refractivity contribution in [2.45, 2.75) is 25.4 Å². The van der Waals surface area contributed by atoms with Gasteiger partial charge in [0, 0.05) is 6.54 Å². The predicted molar refractivity (Wildman–Crippen MR) is 98.1 cm³/mol. The molecule has 0 aliphatic heterocycles. The molecule has 1 aliphatic carbocycles. The van der Waals surface area contributed by atoms with Crippen LogP contribution in [0.1, 0.15) is 25.0 Å². The van der Waals surface area contributed by atoms with Crippen LogP contribution in [0.25, 0.3) is 0 Å². The third kappa shape index (κ3) is 4.96. The Labute approximate surface area is 168 Å². The summed E-state index contributed by atoms with van der Waals surface area (Å²) in [6, 6.07) is 4.59. The molecule has 0 radical (unpaired) electrons. The number of hydrogen-bond donors (Lipinski definition) is 2. The van der Waals surface area contributed by atoms with Crippen LogP contribution in [0.5, 0.6) is 5.75 Å². The topological polar surface area (TPSA) is 76.1 Å². The smallest absolute Gasteiger partial charge is 0.406 e. The highest BCUT2D eigenvalue weighted by Gasteiger charge is 2.38. The largest absolute Gasteiger partial charge is 0.437 e. The number of amides is 1. The fourth-order valence-corrected chi connectivity index (χ4v) is 2.84. The van der Waals surface area contributed by atoms with Crippen LogP contribution < -0.4 is 15.4 Å².